The van der Waals surface area contributed by atoms with E-state index in [2.05, 4.69) is 21.2 Å². The molecule has 0 unspecified atom stereocenters. The number of ether oxygens (including phenoxy) is 1. The van der Waals surface area contributed by atoms with Crippen molar-refractivity contribution in [3.8, 4) is 0 Å². The molecular formula is C22H23BrN2O4S2. The summed E-state index contributed by atoms with van der Waals surface area (Å²) in [5.74, 6) is -0.131. The molecule has 2 aromatic carbocycles. The van der Waals surface area contributed by atoms with Gasteiger partial charge in [-0.25, -0.2) is 8.42 Å². The highest BCUT2D eigenvalue weighted by molar-refractivity contribution is 9.10. The minimum absolute atomic E-state index is 0.0897. The molecule has 0 aliphatic carbocycles. The summed E-state index contributed by atoms with van der Waals surface area (Å²) in [6.45, 7) is 3.36. The third kappa shape index (κ3) is 4.79. The van der Waals surface area contributed by atoms with Gasteiger partial charge in [0.25, 0.3) is 15.9 Å². The Hall–Kier alpha value is -1.94. The van der Waals surface area contributed by atoms with Crippen LogP contribution in [0.2, 0.25) is 0 Å². The zero-order valence-corrected chi connectivity index (χ0v) is 20.2. The Kier molecular flexibility index (Phi) is 6.66. The number of hydrogen-bond donors (Lipinski definition) is 1. The van der Waals surface area contributed by atoms with Crippen LogP contribution in [0, 0.1) is 0 Å². The van der Waals surface area contributed by atoms with E-state index < -0.39 is 10.0 Å². The zero-order valence-electron chi connectivity index (χ0n) is 17.0. The summed E-state index contributed by atoms with van der Waals surface area (Å²) in [4.78, 5) is 13.4. The summed E-state index contributed by atoms with van der Waals surface area (Å²) in [7, 11) is -3.69. The van der Waals surface area contributed by atoms with E-state index in [1.165, 1.54) is 15.6 Å². The van der Waals surface area contributed by atoms with Gasteiger partial charge in [0.05, 0.1) is 21.6 Å². The molecular weight excluding hydrogens is 500 g/mol. The van der Waals surface area contributed by atoms with Crippen LogP contribution in [-0.2, 0) is 14.8 Å². The number of amides is 1. The Balaban J connectivity index is 1.57. The van der Waals surface area contributed by atoms with Crippen LogP contribution in [0.3, 0.4) is 0 Å². The van der Waals surface area contributed by atoms with Crippen molar-refractivity contribution >= 4 is 59.0 Å². The van der Waals surface area contributed by atoms with Crippen LogP contribution in [-0.4, -0.2) is 40.1 Å². The third-order valence-electron chi connectivity index (χ3n) is 5.21. The number of anilines is 1. The molecule has 0 spiro atoms. The first-order valence-corrected chi connectivity index (χ1v) is 13.1. The molecule has 6 nitrogen and oxygen atoms in total. The van der Waals surface area contributed by atoms with Gasteiger partial charge in [0.15, 0.2) is 0 Å². The summed E-state index contributed by atoms with van der Waals surface area (Å²) >= 11 is 4.73. The van der Waals surface area contributed by atoms with Crippen LogP contribution in [0.25, 0.3) is 10.1 Å². The van der Waals surface area contributed by atoms with Crippen molar-refractivity contribution < 1.29 is 17.9 Å². The Morgan fingerprint density at radius 2 is 2.00 bits per heavy atom. The van der Waals surface area contributed by atoms with Gasteiger partial charge in [-0.1, -0.05) is 15.9 Å². The van der Waals surface area contributed by atoms with Crippen LogP contribution >= 0.6 is 27.3 Å². The maximum absolute atomic E-state index is 13.2. The molecule has 1 aliphatic heterocycles. The Morgan fingerprint density at radius 1 is 1.23 bits per heavy atom. The van der Waals surface area contributed by atoms with Gasteiger partial charge in [-0.2, -0.15) is 0 Å². The van der Waals surface area contributed by atoms with E-state index in [1.54, 1.807) is 37.3 Å². The highest BCUT2D eigenvalue weighted by Gasteiger charge is 2.24. The van der Waals surface area contributed by atoms with Crippen molar-refractivity contribution in [3.63, 3.8) is 0 Å². The molecule has 1 aliphatic rings. The van der Waals surface area contributed by atoms with Gasteiger partial charge in [-0.15, -0.1) is 11.3 Å². The molecule has 9 heteroatoms. The van der Waals surface area contributed by atoms with Crippen LogP contribution in [0.5, 0.6) is 0 Å². The molecule has 0 bridgehead atoms. The van der Waals surface area contributed by atoms with Crippen molar-refractivity contribution in [1.82, 2.24) is 5.32 Å². The lowest BCUT2D eigenvalue weighted by atomic mass is 10.2. The second-order valence-electron chi connectivity index (χ2n) is 7.30. The maximum atomic E-state index is 13.2. The fraction of sp³-hybridized carbons (Fsp3) is 0.318. The first-order chi connectivity index (χ1) is 14.9. The molecule has 1 N–H and O–H groups in total. The van der Waals surface area contributed by atoms with Gasteiger partial charge in [-0.05, 0) is 73.7 Å². The molecule has 4 rings (SSSR count). The Morgan fingerprint density at radius 3 is 2.68 bits per heavy atom. The number of thiophene rings is 1. The lowest BCUT2D eigenvalue weighted by molar-refractivity contribution is 0.0861. The molecule has 1 fully saturated rings. The lowest BCUT2D eigenvalue weighted by Gasteiger charge is -2.23. The molecule has 164 valence electrons. The average molecular weight is 523 g/mol. The van der Waals surface area contributed by atoms with Crippen LogP contribution < -0.4 is 9.62 Å². The maximum Gasteiger partial charge on any atom is 0.264 e. The summed E-state index contributed by atoms with van der Waals surface area (Å²) in [6.07, 6.45) is 2.09. The van der Waals surface area contributed by atoms with Gasteiger partial charge in [0.2, 0.25) is 0 Å². The van der Waals surface area contributed by atoms with Crippen molar-refractivity contribution in [2.45, 2.75) is 30.8 Å². The Labute approximate surface area is 194 Å². The quantitative estimate of drug-likeness (QED) is 0.484. The summed E-state index contributed by atoms with van der Waals surface area (Å²) in [5.41, 5.74) is 0.571. The molecule has 1 atom stereocenters. The van der Waals surface area contributed by atoms with E-state index in [1.807, 2.05) is 18.2 Å². The monoisotopic (exact) mass is 522 g/mol. The van der Waals surface area contributed by atoms with Crippen molar-refractivity contribution in [3.05, 3.63) is 57.9 Å². The van der Waals surface area contributed by atoms with Crippen LogP contribution in [0.4, 0.5) is 5.69 Å². The van der Waals surface area contributed by atoms with Gasteiger partial charge in [0.1, 0.15) is 0 Å². The number of halogens is 1. The number of hydrogen-bond acceptors (Lipinski definition) is 5. The predicted octanol–water partition coefficient (Wildman–Crippen LogP) is 4.79. The van der Waals surface area contributed by atoms with E-state index in [4.69, 9.17) is 4.74 Å². The van der Waals surface area contributed by atoms with Crippen molar-refractivity contribution in [2.75, 3.05) is 24.0 Å². The number of carbonyl (C=O) groups is 1. The second-order valence-corrected chi connectivity index (χ2v) is 11.2. The smallest absolute Gasteiger partial charge is 0.264 e. The topological polar surface area (TPSA) is 75.7 Å². The van der Waals surface area contributed by atoms with Crippen LogP contribution in [0.1, 0.15) is 29.4 Å². The standard InChI is InChI=1S/C22H23BrN2O4S2/c1-2-25(31(27,28)19-8-5-16(23)6-9-19)17-7-10-20-15(12-17)13-21(30-20)22(26)24-14-18-4-3-11-29-18/h5-10,12-13,18H,2-4,11,14H2,1H3,(H,24,26)/t18-/m0/s1. The SMILES string of the molecule is CCN(c1ccc2sc(C(=O)NC[C@@H]3CCCO3)cc2c1)S(=O)(=O)c1ccc(Br)cc1. The number of rotatable bonds is 7. The zero-order chi connectivity index (χ0) is 22.0. The number of sulfonamides is 1. The number of carbonyl (C=O) groups excluding carboxylic acids is 1. The van der Waals surface area contributed by atoms with Crippen molar-refractivity contribution in [2.24, 2.45) is 0 Å². The van der Waals surface area contributed by atoms with E-state index in [0.717, 1.165) is 34.0 Å². The molecule has 0 radical (unpaired) electrons. The molecule has 1 saturated heterocycles. The highest BCUT2D eigenvalue weighted by Crippen LogP contribution is 2.32. The summed E-state index contributed by atoms with van der Waals surface area (Å²) < 4.78 is 35.0. The molecule has 31 heavy (non-hydrogen) atoms. The molecule has 1 amide bonds. The Bertz CT molecular complexity index is 1190. The largest absolute Gasteiger partial charge is 0.376 e. The molecule has 3 aromatic rings. The van der Waals surface area contributed by atoms with Gasteiger partial charge < -0.3 is 10.1 Å². The van der Waals surface area contributed by atoms with Crippen molar-refractivity contribution in [1.29, 1.82) is 0 Å². The lowest BCUT2D eigenvalue weighted by Crippen LogP contribution is -2.31. The van der Waals surface area contributed by atoms with Gasteiger partial charge in [0, 0.05) is 28.9 Å². The predicted molar refractivity (Wildman–Crippen MR) is 127 cm³/mol. The fourth-order valence-electron chi connectivity index (χ4n) is 3.62. The second kappa shape index (κ2) is 9.28. The normalized spacial score (nSPS) is 16.5. The first-order valence-electron chi connectivity index (χ1n) is 10.1. The van der Waals surface area contributed by atoms with E-state index in [0.29, 0.717) is 23.7 Å². The number of benzene rings is 2. The molecule has 1 aromatic heterocycles. The number of nitrogens with zero attached hydrogens (tertiary/aromatic N) is 1. The fourth-order valence-corrected chi connectivity index (χ4v) is 6.31. The van der Waals surface area contributed by atoms with E-state index in [9.17, 15) is 13.2 Å². The third-order valence-corrected chi connectivity index (χ3v) is 8.78. The average Bonchev–Trinajstić information content (AvgIpc) is 3.42. The number of nitrogens with one attached hydrogen (secondary N) is 1. The van der Waals surface area contributed by atoms with Gasteiger partial charge in [-0.3, -0.25) is 9.10 Å². The van der Waals surface area contributed by atoms with Crippen LogP contribution in [0.15, 0.2) is 57.9 Å². The molecule has 0 saturated carbocycles. The minimum Gasteiger partial charge on any atom is -0.376 e. The molecule has 2 heterocycles. The minimum atomic E-state index is -3.69. The summed E-state index contributed by atoms with van der Waals surface area (Å²) in [6, 6.07) is 13.9. The van der Waals surface area contributed by atoms with Gasteiger partial charge >= 0.3 is 0 Å². The number of fused-ring (bicyclic) bond motifs is 1. The summed E-state index contributed by atoms with van der Waals surface area (Å²) in [5, 5.41) is 3.78. The first kappa shape index (κ1) is 22.3. The highest BCUT2D eigenvalue weighted by atomic mass is 79.9. The van der Waals surface area contributed by atoms with E-state index in [-0.39, 0.29) is 16.9 Å². The van der Waals surface area contributed by atoms with E-state index >= 15 is 0 Å².